The highest BCUT2D eigenvalue weighted by Crippen LogP contribution is 2.19. The molecular formula is C11H8ClFN2O. The van der Waals surface area contributed by atoms with Crippen molar-refractivity contribution in [2.45, 2.75) is 6.92 Å². The minimum atomic E-state index is -0.572. The molecule has 1 heterocycles. The lowest BCUT2D eigenvalue weighted by Gasteiger charge is -2.04. The molecule has 3 nitrogen and oxygen atoms in total. The molecule has 0 saturated carbocycles. The molecule has 82 valence electrons. The van der Waals surface area contributed by atoms with Crippen molar-refractivity contribution in [2.24, 2.45) is 0 Å². The number of aromatic nitrogens is 2. The molecule has 0 atom stereocenters. The van der Waals surface area contributed by atoms with Crippen molar-refractivity contribution in [1.29, 1.82) is 0 Å². The molecule has 0 aliphatic heterocycles. The van der Waals surface area contributed by atoms with Crippen LogP contribution in [-0.4, -0.2) is 16.1 Å². The lowest BCUT2D eigenvalue weighted by atomic mass is 10.2. The second kappa shape index (κ2) is 4.06. The highest BCUT2D eigenvalue weighted by molar-refractivity contribution is 6.31. The number of hydrogen-bond donors (Lipinski definition) is 0. The minimum Gasteiger partial charge on any atom is -0.298 e. The van der Waals surface area contributed by atoms with E-state index in [1.165, 1.54) is 16.8 Å². The van der Waals surface area contributed by atoms with Gasteiger partial charge in [-0.15, -0.1) is 0 Å². The second-order valence-electron chi connectivity index (χ2n) is 3.30. The number of benzene rings is 1. The Morgan fingerprint density at radius 3 is 2.81 bits per heavy atom. The molecule has 0 fully saturated rings. The van der Waals surface area contributed by atoms with Gasteiger partial charge < -0.3 is 0 Å². The maximum atomic E-state index is 13.3. The zero-order valence-corrected chi connectivity index (χ0v) is 9.20. The number of carbonyl (C=O) groups excluding carboxylic acids is 1. The van der Waals surface area contributed by atoms with E-state index in [1.807, 2.05) is 0 Å². The Labute approximate surface area is 96.5 Å². The quantitative estimate of drug-likeness (QED) is 0.754. The Hall–Kier alpha value is -1.68. The topological polar surface area (TPSA) is 34.9 Å². The molecule has 5 heteroatoms. The van der Waals surface area contributed by atoms with Crippen LogP contribution in [0, 0.1) is 12.7 Å². The number of nitrogens with zero attached hydrogens (tertiary/aromatic N) is 2. The highest BCUT2D eigenvalue weighted by Gasteiger charge is 2.11. The fourth-order valence-electron chi connectivity index (χ4n) is 1.40. The first-order valence-electron chi connectivity index (χ1n) is 4.59. The predicted octanol–water partition coefficient (Wildman–Crippen LogP) is 2.79. The van der Waals surface area contributed by atoms with Crippen LogP contribution < -0.4 is 0 Å². The van der Waals surface area contributed by atoms with E-state index in [0.717, 1.165) is 0 Å². The average Bonchev–Trinajstić information content (AvgIpc) is 2.59. The number of hydrogen-bond acceptors (Lipinski definition) is 2. The summed E-state index contributed by atoms with van der Waals surface area (Å²) in [7, 11) is 0. The van der Waals surface area contributed by atoms with E-state index < -0.39 is 5.82 Å². The van der Waals surface area contributed by atoms with Crippen LogP contribution >= 0.6 is 11.6 Å². The fraction of sp³-hybridized carbons (Fsp3) is 0.0909. The third kappa shape index (κ3) is 1.72. The summed E-state index contributed by atoms with van der Waals surface area (Å²) in [5, 5.41) is 4.56. The van der Waals surface area contributed by atoms with Gasteiger partial charge >= 0.3 is 0 Å². The molecule has 1 aromatic carbocycles. The average molecular weight is 239 g/mol. The molecule has 0 amide bonds. The maximum Gasteiger partial charge on any atom is 0.155 e. The van der Waals surface area contributed by atoms with Gasteiger partial charge in [-0.05, 0) is 19.1 Å². The summed E-state index contributed by atoms with van der Waals surface area (Å²) in [6, 6.07) is 4.35. The number of rotatable bonds is 2. The second-order valence-corrected chi connectivity index (χ2v) is 3.70. The van der Waals surface area contributed by atoms with Gasteiger partial charge in [0, 0.05) is 6.20 Å². The van der Waals surface area contributed by atoms with Gasteiger partial charge in [-0.1, -0.05) is 17.7 Å². The third-order valence-electron chi connectivity index (χ3n) is 2.23. The summed E-state index contributed by atoms with van der Waals surface area (Å²) in [5.41, 5.74) is 0.981. The zero-order chi connectivity index (χ0) is 11.7. The minimum absolute atomic E-state index is 0.0262. The number of halogens is 2. The predicted molar refractivity (Wildman–Crippen MR) is 58.7 cm³/mol. The summed E-state index contributed by atoms with van der Waals surface area (Å²) in [6.07, 6.45) is 2.01. The summed E-state index contributed by atoms with van der Waals surface area (Å²) < 4.78 is 14.7. The first kappa shape index (κ1) is 10.8. The van der Waals surface area contributed by atoms with Crippen molar-refractivity contribution in [2.75, 3.05) is 0 Å². The van der Waals surface area contributed by atoms with Gasteiger partial charge in [-0.3, -0.25) is 4.79 Å². The van der Waals surface area contributed by atoms with Crippen LogP contribution in [0.15, 0.2) is 24.4 Å². The Bertz CT molecular complexity index is 531. The smallest absolute Gasteiger partial charge is 0.155 e. The lowest BCUT2D eigenvalue weighted by Crippen LogP contribution is -2.02. The van der Waals surface area contributed by atoms with Crippen LogP contribution in [0.25, 0.3) is 5.69 Å². The molecule has 0 N–H and O–H groups in total. The molecule has 2 aromatic rings. The molecule has 0 aliphatic carbocycles. The van der Waals surface area contributed by atoms with Gasteiger partial charge in [0.15, 0.2) is 6.29 Å². The van der Waals surface area contributed by atoms with Crippen LogP contribution in [0.4, 0.5) is 4.39 Å². The maximum absolute atomic E-state index is 13.3. The molecule has 0 bridgehead atoms. The summed E-state index contributed by atoms with van der Waals surface area (Å²) in [4.78, 5) is 10.8. The van der Waals surface area contributed by atoms with E-state index >= 15 is 0 Å². The van der Waals surface area contributed by atoms with E-state index in [-0.39, 0.29) is 5.56 Å². The van der Waals surface area contributed by atoms with Gasteiger partial charge in [-0.2, -0.15) is 5.10 Å². The van der Waals surface area contributed by atoms with Gasteiger partial charge in [0.2, 0.25) is 0 Å². The first-order valence-corrected chi connectivity index (χ1v) is 4.97. The third-order valence-corrected chi connectivity index (χ3v) is 2.60. The molecule has 0 saturated heterocycles. The number of carbonyl (C=O) groups is 1. The zero-order valence-electron chi connectivity index (χ0n) is 8.45. The molecule has 16 heavy (non-hydrogen) atoms. The number of aryl methyl sites for hydroxylation is 1. The van der Waals surface area contributed by atoms with Gasteiger partial charge in [0.05, 0.1) is 22.0 Å². The van der Waals surface area contributed by atoms with Crippen molar-refractivity contribution in [1.82, 2.24) is 9.78 Å². The Balaban J connectivity index is 2.64. The SMILES string of the molecule is Cc1nn(-c2cccc(F)c2C=O)cc1Cl. The fourth-order valence-corrected chi connectivity index (χ4v) is 1.53. The molecule has 1 aromatic heterocycles. The normalized spacial score (nSPS) is 10.4. The standard InChI is InChI=1S/C11H8ClFN2O/c1-7-9(12)5-15(14-7)11-4-2-3-10(13)8(11)6-16/h2-6H,1H3. The van der Waals surface area contributed by atoms with Crippen molar-refractivity contribution >= 4 is 17.9 Å². The lowest BCUT2D eigenvalue weighted by molar-refractivity contribution is 0.111. The molecular weight excluding hydrogens is 231 g/mol. The summed E-state index contributed by atoms with van der Waals surface area (Å²) in [6.45, 7) is 1.73. The molecule has 0 unspecified atom stereocenters. The van der Waals surface area contributed by atoms with E-state index in [9.17, 15) is 9.18 Å². The molecule has 2 rings (SSSR count). The van der Waals surface area contributed by atoms with Gasteiger partial charge in [0.1, 0.15) is 5.82 Å². The van der Waals surface area contributed by atoms with Crippen molar-refractivity contribution in [3.8, 4) is 5.69 Å². The Morgan fingerprint density at radius 2 is 2.25 bits per heavy atom. The van der Waals surface area contributed by atoms with Crippen molar-refractivity contribution in [3.05, 3.63) is 46.5 Å². The summed E-state index contributed by atoms with van der Waals surface area (Å²) >= 11 is 5.85. The van der Waals surface area contributed by atoms with E-state index in [2.05, 4.69) is 5.10 Å². The summed E-state index contributed by atoms with van der Waals surface area (Å²) in [5.74, 6) is -0.572. The van der Waals surface area contributed by atoms with Crippen molar-refractivity contribution < 1.29 is 9.18 Å². The Kier molecular flexibility index (Phi) is 2.75. The van der Waals surface area contributed by atoms with Crippen LogP contribution in [-0.2, 0) is 0 Å². The van der Waals surface area contributed by atoms with Gasteiger partial charge in [-0.25, -0.2) is 9.07 Å². The highest BCUT2D eigenvalue weighted by atomic mass is 35.5. The van der Waals surface area contributed by atoms with E-state index in [1.54, 1.807) is 19.2 Å². The van der Waals surface area contributed by atoms with Crippen LogP contribution in [0.3, 0.4) is 0 Å². The van der Waals surface area contributed by atoms with Crippen molar-refractivity contribution in [3.63, 3.8) is 0 Å². The van der Waals surface area contributed by atoms with Crippen LogP contribution in [0.5, 0.6) is 0 Å². The van der Waals surface area contributed by atoms with Gasteiger partial charge in [0.25, 0.3) is 0 Å². The largest absolute Gasteiger partial charge is 0.298 e. The van der Waals surface area contributed by atoms with Crippen LogP contribution in [0.2, 0.25) is 5.02 Å². The monoisotopic (exact) mass is 238 g/mol. The molecule has 0 aliphatic rings. The number of aldehydes is 1. The molecule has 0 radical (unpaired) electrons. The first-order chi connectivity index (χ1) is 7.63. The van der Waals surface area contributed by atoms with E-state index in [4.69, 9.17) is 11.6 Å². The Morgan fingerprint density at radius 1 is 1.50 bits per heavy atom. The van der Waals surface area contributed by atoms with Crippen LogP contribution in [0.1, 0.15) is 16.1 Å². The molecule has 0 spiro atoms. The van der Waals surface area contributed by atoms with E-state index in [0.29, 0.717) is 22.7 Å².